The molecular weight excluding hydrogens is 320 g/mol. The van der Waals surface area contributed by atoms with Crippen LogP contribution in [-0.2, 0) is 6.42 Å². The number of halogens is 1. The van der Waals surface area contributed by atoms with E-state index in [1.165, 1.54) is 24.2 Å². The zero-order valence-corrected chi connectivity index (χ0v) is 15.1. The molecule has 1 amide bonds. The highest BCUT2D eigenvalue weighted by molar-refractivity contribution is 7.09. The minimum atomic E-state index is 0. The summed E-state index contributed by atoms with van der Waals surface area (Å²) in [5, 5.41) is 2.84. The van der Waals surface area contributed by atoms with Gasteiger partial charge in [0.25, 0.3) is 5.91 Å². The molecule has 0 aromatic carbocycles. The van der Waals surface area contributed by atoms with E-state index in [0.29, 0.717) is 18.3 Å². The second-order valence-electron chi connectivity index (χ2n) is 5.91. The van der Waals surface area contributed by atoms with Gasteiger partial charge >= 0.3 is 0 Å². The van der Waals surface area contributed by atoms with Crippen molar-refractivity contribution in [2.45, 2.75) is 38.1 Å². The predicted octanol–water partition coefficient (Wildman–Crippen LogP) is 2.01. The summed E-state index contributed by atoms with van der Waals surface area (Å²) in [7, 11) is 4.08. The molecule has 126 valence electrons. The molecule has 0 aliphatic heterocycles. The van der Waals surface area contributed by atoms with E-state index in [9.17, 15) is 4.79 Å². The Labute approximate surface area is 143 Å². The first kappa shape index (κ1) is 19.4. The van der Waals surface area contributed by atoms with Crippen LogP contribution in [0.15, 0.2) is 5.38 Å². The van der Waals surface area contributed by atoms with Gasteiger partial charge in [0.2, 0.25) is 0 Å². The molecule has 2 N–H and O–H groups in total. The highest BCUT2D eigenvalue weighted by Crippen LogP contribution is 2.25. The molecule has 22 heavy (non-hydrogen) atoms. The molecular formula is C15H27ClN4OS. The van der Waals surface area contributed by atoms with Crippen LogP contribution in [0, 0.1) is 0 Å². The molecule has 2 rings (SSSR count). The van der Waals surface area contributed by atoms with Crippen LogP contribution in [0.4, 0.5) is 0 Å². The van der Waals surface area contributed by atoms with E-state index in [1.54, 1.807) is 0 Å². The van der Waals surface area contributed by atoms with Crippen molar-refractivity contribution in [3.05, 3.63) is 16.1 Å². The summed E-state index contributed by atoms with van der Waals surface area (Å²) < 4.78 is 0. The first-order chi connectivity index (χ1) is 10.1. The van der Waals surface area contributed by atoms with Gasteiger partial charge in [-0.2, -0.15) is 0 Å². The summed E-state index contributed by atoms with van der Waals surface area (Å²) in [6, 6.07) is 0.386. The fourth-order valence-electron chi connectivity index (χ4n) is 2.77. The van der Waals surface area contributed by atoms with Gasteiger partial charge in [-0.3, -0.25) is 4.79 Å². The van der Waals surface area contributed by atoms with Gasteiger partial charge in [0.15, 0.2) is 0 Å². The van der Waals surface area contributed by atoms with E-state index in [0.717, 1.165) is 37.4 Å². The third-order valence-electron chi connectivity index (χ3n) is 3.94. The Bertz CT molecular complexity index is 460. The largest absolute Gasteiger partial charge is 0.333 e. The average molecular weight is 347 g/mol. The average Bonchev–Trinajstić information content (AvgIpc) is 3.10. The van der Waals surface area contributed by atoms with Crippen LogP contribution >= 0.6 is 23.7 Å². The van der Waals surface area contributed by atoms with E-state index in [4.69, 9.17) is 5.73 Å². The van der Waals surface area contributed by atoms with Crippen molar-refractivity contribution < 1.29 is 4.79 Å². The molecule has 1 aromatic heterocycles. The SMILES string of the molecule is CN(C)CCN(C(=O)c1csc(CCN)n1)C1CCCC1.Cl. The van der Waals surface area contributed by atoms with Gasteiger partial charge < -0.3 is 15.5 Å². The molecule has 0 atom stereocenters. The molecule has 1 fully saturated rings. The highest BCUT2D eigenvalue weighted by Gasteiger charge is 2.28. The van der Waals surface area contributed by atoms with Crippen molar-refractivity contribution in [2.24, 2.45) is 5.73 Å². The topological polar surface area (TPSA) is 62.5 Å². The number of nitrogens with zero attached hydrogens (tertiary/aromatic N) is 3. The second-order valence-corrected chi connectivity index (χ2v) is 6.85. The lowest BCUT2D eigenvalue weighted by Crippen LogP contribution is -2.42. The summed E-state index contributed by atoms with van der Waals surface area (Å²) in [6.45, 7) is 2.25. The number of carbonyl (C=O) groups excluding carboxylic acids is 1. The number of rotatable bonds is 7. The summed E-state index contributed by atoms with van der Waals surface area (Å²) in [5.41, 5.74) is 6.14. The molecule has 0 saturated heterocycles. The van der Waals surface area contributed by atoms with E-state index in [2.05, 4.69) is 9.88 Å². The van der Waals surface area contributed by atoms with Crippen LogP contribution in [0.3, 0.4) is 0 Å². The number of hydrogen-bond donors (Lipinski definition) is 1. The number of aromatic nitrogens is 1. The molecule has 1 heterocycles. The first-order valence-corrected chi connectivity index (χ1v) is 8.60. The maximum absolute atomic E-state index is 12.8. The number of hydrogen-bond acceptors (Lipinski definition) is 5. The normalized spacial score (nSPS) is 15.1. The Balaban J connectivity index is 0.00000242. The van der Waals surface area contributed by atoms with Gasteiger partial charge in [-0.25, -0.2) is 4.98 Å². The number of likely N-dealkylation sites (N-methyl/N-ethyl adjacent to an activating group) is 1. The molecule has 1 aromatic rings. The molecule has 7 heteroatoms. The fraction of sp³-hybridized carbons (Fsp3) is 0.733. The lowest BCUT2D eigenvalue weighted by atomic mass is 10.2. The molecule has 1 saturated carbocycles. The summed E-state index contributed by atoms with van der Waals surface area (Å²) in [4.78, 5) is 21.4. The Morgan fingerprint density at radius 2 is 2.05 bits per heavy atom. The lowest BCUT2D eigenvalue weighted by molar-refractivity contribution is 0.0662. The molecule has 1 aliphatic rings. The third kappa shape index (κ3) is 5.19. The number of carbonyl (C=O) groups is 1. The standard InChI is InChI=1S/C15H26N4OS.ClH/c1-18(2)9-10-19(12-5-3-4-6-12)15(20)13-11-21-14(17-13)7-8-16;/h11-12H,3-10,16H2,1-2H3;1H. The van der Waals surface area contributed by atoms with Crippen LogP contribution in [0.5, 0.6) is 0 Å². The molecule has 1 aliphatic carbocycles. The quantitative estimate of drug-likeness (QED) is 0.820. The van der Waals surface area contributed by atoms with Crippen molar-refractivity contribution in [1.82, 2.24) is 14.8 Å². The van der Waals surface area contributed by atoms with Crippen LogP contribution in [0.25, 0.3) is 0 Å². The predicted molar refractivity (Wildman–Crippen MR) is 94.0 cm³/mol. The summed E-state index contributed by atoms with van der Waals surface area (Å²) in [6.07, 6.45) is 5.45. The van der Waals surface area contributed by atoms with E-state index >= 15 is 0 Å². The van der Waals surface area contributed by atoms with E-state index in [1.807, 2.05) is 24.4 Å². The van der Waals surface area contributed by atoms with Gasteiger partial charge in [-0.1, -0.05) is 12.8 Å². The highest BCUT2D eigenvalue weighted by atomic mass is 35.5. The van der Waals surface area contributed by atoms with E-state index < -0.39 is 0 Å². The van der Waals surface area contributed by atoms with Crippen molar-refractivity contribution in [1.29, 1.82) is 0 Å². The minimum absolute atomic E-state index is 0. The summed E-state index contributed by atoms with van der Waals surface area (Å²) >= 11 is 1.54. The Hall–Kier alpha value is -0.690. The van der Waals surface area contributed by atoms with Crippen molar-refractivity contribution in [3.63, 3.8) is 0 Å². The molecule has 0 radical (unpaired) electrons. The molecule has 0 unspecified atom stereocenters. The molecule has 5 nitrogen and oxygen atoms in total. The monoisotopic (exact) mass is 346 g/mol. The summed E-state index contributed by atoms with van der Waals surface area (Å²) in [5.74, 6) is 0.0864. The van der Waals surface area contributed by atoms with Crippen molar-refractivity contribution in [3.8, 4) is 0 Å². The van der Waals surface area contributed by atoms with Gasteiger partial charge in [0.05, 0.1) is 5.01 Å². The molecule has 0 bridgehead atoms. The van der Waals surface area contributed by atoms with Gasteiger partial charge in [-0.05, 0) is 33.5 Å². The number of nitrogens with two attached hydrogens (primary N) is 1. The number of thiazole rings is 1. The Kier molecular flexibility index (Phi) is 8.31. The Morgan fingerprint density at radius 3 is 2.64 bits per heavy atom. The zero-order valence-electron chi connectivity index (χ0n) is 13.5. The van der Waals surface area contributed by atoms with Gasteiger partial charge in [0, 0.05) is 30.9 Å². The molecule has 0 spiro atoms. The van der Waals surface area contributed by atoms with Crippen molar-refractivity contribution in [2.75, 3.05) is 33.7 Å². The van der Waals surface area contributed by atoms with E-state index in [-0.39, 0.29) is 18.3 Å². The third-order valence-corrected chi connectivity index (χ3v) is 4.85. The van der Waals surface area contributed by atoms with Crippen LogP contribution in [0.2, 0.25) is 0 Å². The van der Waals surface area contributed by atoms with Gasteiger partial charge in [-0.15, -0.1) is 23.7 Å². The maximum atomic E-state index is 12.8. The first-order valence-electron chi connectivity index (χ1n) is 7.72. The van der Waals surface area contributed by atoms with Crippen LogP contribution in [-0.4, -0.2) is 60.5 Å². The lowest BCUT2D eigenvalue weighted by Gasteiger charge is -2.29. The second kappa shape index (κ2) is 9.45. The Morgan fingerprint density at radius 1 is 1.36 bits per heavy atom. The minimum Gasteiger partial charge on any atom is -0.333 e. The van der Waals surface area contributed by atoms with Crippen LogP contribution in [0.1, 0.15) is 41.2 Å². The van der Waals surface area contributed by atoms with Gasteiger partial charge in [0.1, 0.15) is 5.69 Å². The smallest absolute Gasteiger partial charge is 0.273 e. The fourth-order valence-corrected chi connectivity index (χ4v) is 3.56. The maximum Gasteiger partial charge on any atom is 0.273 e. The van der Waals surface area contributed by atoms with Crippen molar-refractivity contribution >= 4 is 29.7 Å². The number of amides is 1. The zero-order chi connectivity index (χ0) is 15.2. The van der Waals surface area contributed by atoms with Crippen LogP contribution < -0.4 is 5.73 Å².